The fraction of sp³-hybridized carbons (Fsp3) is 0.385. The molecule has 0 heterocycles. The van der Waals surface area contributed by atoms with Crippen LogP contribution in [0.4, 0.5) is 10.1 Å². The van der Waals surface area contributed by atoms with Crippen LogP contribution in [0.5, 0.6) is 0 Å². The van der Waals surface area contributed by atoms with E-state index in [1.54, 1.807) is 13.0 Å². The van der Waals surface area contributed by atoms with Gasteiger partial charge in [0, 0.05) is 13.6 Å². The summed E-state index contributed by atoms with van der Waals surface area (Å²) in [4.78, 5) is 0.0486. The lowest BCUT2D eigenvalue weighted by Gasteiger charge is -2.18. The molecule has 0 bridgehead atoms. The van der Waals surface area contributed by atoms with Crippen LogP contribution in [-0.4, -0.2) is 26.3 Å². The van der Waals surface area contributed by atoms with Crippen LogP contribution >= 0.6 is 0 Å². The zero-order valence-electron chi connectivity index (χ0n) is 11.2. The van der Waals surface area contributed by atoms with E-state index in [-0.39, 0.29) is 10.6 Å². The number of hydrogen-bond donors (Lipinski definition) is 1. The second kappa shape index (κ2) is 6.16. The second-order valence-electron chi connectivity index (χ2n) is 4.40. The first kappa shape index (κ1) is 15.7. The van der Waals surface area contributed by atoms with Gasteiger partial charge in [0.2, 0.25) is 10.0 Å². The minimum atomic E-state index is -3.64. The van der Waals surface area contributed by atoms with Crippen LogP contribution < -0.4 is 5.73 Å². The van der Waals surface area contributed by atoms with Gasteiger partial charge in [-0.25, -0.2) is 17.1 Å². The third-order valence-electron chi connectivity index (χ3n) is 2.86. The molecule has 0 saturated carbocycles. The fourth-order valence-electron chi connectivity index (χ4n) is 1.69. The van der Waals surface area contributed by atoms with Gasteiger partial charge in [0.25, 0.3) is 0 Å². The zero-order valence-corrected chi connectivity index (χ0v) is 12.0. The van der Waals surface area contributed by atoms with E-state index in [9.17, 15) is 12.8 Å². The molecule has 0 spiro atoms. The quantitative estimate of drug-likeness (QED) is 0.496. The summed E-state index contributed by atoms with van der Waals surface area (Å²) < 4.78 is 39.2. The van der Waals surface area contributed by atoms with E-state index in [2.05, 4.69) is 6.58 Å². The number of allylic oxidation sites excluding steroid dienone is 1. The smallest absolute Gasteiger partial charge is 0.243 e. The Morgan fingerprint density at radius 1 is 1.47 bits per heavy atom. The van der Waals surface area contributed by atoms with Crippen LogP contribution in [-0.2, 0) is 10.0 Å². The maximum atomic E-state index is 13.3. The topological polar surface area (TPSA) is 63.4 Å². The van der Waals surface area contributed by atoms with Crippen LogP contribution in [0.1, 0.15) is 18.4 Å². The molecular weight excluding hydrogens is 267 g/mol. The van der Waals surface area contributed by atoms with Gasteiger partial charge in [-0.2, -0.15) is 0 Å². The number of unbranched alkanes of at least 4 members (excludes halogenated alkanes) is 1. The Morgan fingerprint density at radius 2 is 2.11 bits per heavy atom. The third-order valence-corrected chi connectivity index (χ3v) is 4.86. The van der Waals surface area contributed by atoms with Crippen molar-refractivity contribution in [2.45, 2.75) is 24.7 Å². The Morgan fingerprint density at radius 3 is 2.68 bits per heavy atom. The van der Waals surface area contributed by atoms with E-state index in [1.165, 1.54) is 17.4 Å². The van der Waals surface area contributed by atoms with Gasteiger partial charge in [0.1, 0.15) is 5.82 Å². The van der Waals surface area contributed by atoms with Gasteiger partial charge < -0.3 is 5.73 Å². The highest BCUT2D eigenvalue weighted by molar-refractivity contribution is 7.89. The molecule has 0 saturated heterocycles. The van der Waals surface area contributed by atoms with Crippen LogP contribution in [0.25, 0.3) is 0 Å². The van der Waals surface area contributed by atoms with Crippen molar-refractivity contribution in [2.24, 2.45) is 0 Å². The number of anilines is 1. The predicted molar refractivity (Wildman–Crippen MR) is 74.8 cm³/mol. The SMILES string of the molecule is C=CCCCN(C)S(=O)(=O)c1cc(N)c(F)cc1C. The molecule has 0 fully saturated rings. The minimum Gasteiger partial charge on any atom is -0.396 e. The van der Waals surface area contributed by atoms with Crippen molar-refractivity contribution >= 4 is 15.7 Å². The van der Waals surface area contributed by atoms with E-state index in [1.807, 2.05) is 0 Å². The number of nitrogens with zero attached hydrogens (tertiary/aromatic N) is 1. The molecule has 0 aliphatic carbocycles. The van der Waals surface area contributed by atoms with E-state index in [0.29, 0.717) is 18.5 Å². The first-order valence-electron chi connectivity index (χ1n) is 5.93. The first-order chi connectivity index (χ1) is 8.80. The first-order valence-corrected chi connectivity index (χ1v) is 7.37. The molecule has 4 nitrogen and oxygen atoms in total. The number of nitrogens with two attached hydrogens (primary N) is 1. The van der Waals surface area contributed by atoms with Crippen LogP contribution in [0.15, 0.2) is 29.7 Å². The highest BCUT2D eigenvalue weighted by Crippen LogP contribution is 2.24. The van der Waals surface area contributed by atoms with E-state index < -0.39 is 15.8 Å². The van der Waals surface area contributed by atoms with Gasteiger partial charge in [-0.05, 0) is 37.5 Å². The number of nitrogen functional groups attached to an aromatic ring is 1. The van der Waals surface area contributed by atoms with Crippen molar-refractivity contribution in [1.29, 1.82) is 0 Å². The molecule has 106 valence electrons. The van der Waals surface area contributed by atoms with Crippen molar-refractivity contribution in [1.82, 2.24) is 4.31 Å². The standard InChI is InChI=1S/C13H19FN2O2S/c1-4-5-6-7-16(3)19(17,18)13-9-12(15)11(14)8-10(13)2/h4,8-9H,1,5-7,15H2,2-3H3. The predicted octanol–water partition coefficient (Wildman–Crippen LogP) is 2.30. The number of benzene rings is 1. The Bertz CT molecular complexity index is 570. The molecule has 0 aliphatic heterocycles. The van der Waals surface area contributed by atoms with Crippen LogP contribution in [0, 0.1) is 12.7 Å². The van der Waals surface area contributed by atoms with Gasteiger partial charge in [0.05, 0.1) is 10.6 Å². The number of rotatable bonds is 6. The normalized spacial score (nSPS) is 11.8. The molecule has 0 amide bonds. The maximum absolute atomic E-state index is 13.3. The van der Waals surface area contributed by atoms with Crippen molar-refractivity contribution in [3.63, 3.8) is 0 Å². The van der Waals surface area contributed by atoms with Gasteiger partial charge >= 0.3 is 0 Å². The third kappa shape index (κ3) is 3.54. The molecule has 1 rings (SSSR count). The second-order valence-corrected chi connectivity index (χ2v) is 6.41. The summed E-state index contributed by atoms with van der Waals surface area (Å²) in [7, 11) is -2.14. The molecule has 0 atom stereocenters. The van der Waals surface area contributed by atoms with Crippen molar-refractivity contribution < 1.29 is 12.8 Å². The Hall–Kier alpha value is -1.40. The largest absolute Gasteiger partial charge is 0.396 e. The summed E-state index contributed by atoms with van der Waals surface area (Å²) in [6.07, 6.45) is 3.17. The number of hydrogen-bond acceptors (Lipinski definition) is 3. The molecule has 0 unspecified atom stereocenters. The Labute approximate surface area is 113 Å². The summed E-state index contributed by atoms with van der Waals surface area (Å²) in [5.74, 6) is -0.606. The van der Waals surface area contributed by atoms with Crippen molar-refractivity contribution in [3.8, 4) is 0 Å². The molecule has 1 aromatic rings. The molecule has 2 N–H and O–H groups in total. The highest BCUT2D eigenvalue weighted by Gasteiger charge is 2.23. The summed E-state index contributed by atoms with van der Waals surface area (Å²) >= 11 is 0. The molecule has 0 radical (unpaired) electrons. The fourth-order valence-corrected chi connectivity index (χ4v) is 3.14. The molecule has 0 aliphatic rings. The van der Waals surface area contributed by atoms with E-state index in [4.69, 9.17) is 5.73 Å². The molecule has 6 heteroatoms. The Balaban J connectivity index is 3.06. The average Bonchev–Trinajstić information content (AvgIpc) is 2.33. The lowest BCUT2D eigenvalue weighted by molar-refractivity contribution is 0.462. The van der Waals surface area contributed by atoms with Crippen molar-refractivity contribution in [3.05, 3.63) is 36.2 Å². The summed E-state index contributed by atoms with van der Waals surface area (Å²) in [5.41, 5.74) is 5.62. The molecule has 19 heavy (non-hydrogen) atoms. The van der Waals surface area contributed by atoms with Crippen LogP contribution in [0.3, 0.4) is 0 Å². The number of aryl methyl sites for hydroxylation is 1. The van der Waals surface area contributed by atoms with Gasteiger partial charge in [-0.1, -0.05) is 6.08 Å². The van der Waals surface area contributed by atoms with Crippen LogP contribution in [0.2, 0.25) is 0 Å². The number of sulfonamides is 1. The minimum absolute atomic E-state index is 0.0486. The van der Waals surface area contributed by atoms with Gasteiger partial charge in [0.15, 0.2) is 0 Å². The van der Waals surface area contributed by atoms with Gasteiger partial charge in [-0.3, -0.25) is 0 Å². The summed E-state index contributed by atoms with van der Waals surface area (Å²) in [5, 5.41) is 0. The summed E-state index contributed by atoms with van der Waals surface area (Å²) in [6, 6.07) is 2.31. The Kier molecular flexibility index (Phi) is 5.08. The summed E-state index contributed by atoms with van der Waals surface area (Å²) in [6.45, 7) is 5.52. The monoisotopic (exact) mass is 286 g/mol. The van der Waals surface area contributed by atoms with E-state index in [0.717, 1.165) is 12.5 Å². The lowest BCUT2D eigenvalue weighted by atomic mass is 10.2. The average molecular weight is 286 g/mol. The molecule has 0 aromatic heterocycles. The molecular formula is C13H19FN2O2S. The highest BCUT2D eigenvalue weighted by atomic mass is 32.2. The lowest BCUT2D eigenvalue weighted by Crippen LogP contribution is -2.28. The number of halogens is 1. The maximum Gasteiger partial charge on any atom is 0.243 e. The van der Waals surface area contributed by atoms with Crippen molar-refractivity contribution in [2.75, 3.05) is 19.3 Å². The van der Waals surface area contributed by atoms with E-state index >= 15 is 0 Å². The zero-order chi connectivity index (χ0) is 14.6. The van der Waals surface area contributed by atoms with Gasteiger partial charge in [-0.15, -0.1) is 6.58 Å². The molecule has 1 aromatic carbocycles.